The van der Waals surface area contributed by atoms with Gasteiger partial charge in [-0.25, -0.2) is 4.68 Å². The molecule has 1 aliphatic rings. The van der Waals surface area contributed by atoms with Gasteiger partial charge in [0.2, 0.25) is 0 Å². The van der Waals surface area contributed by atoms with Crippen molar-refractivity contribution in [2.75, 3.05) is 11.9 Å². The molecule has 2 aromatic rings. The summed E-state index contributed by atoms with van der Waals surface area (Å²) in [4.78, 5) is 12.3. The molecule has 0 aliphatic heterocycles. The van der Waals surface area contributed by atoms with E-state index in [2.05, 4.69) is 38.1 Å². The molecule has 1 aromatic heterocycles. The third-order valence-corrected chi connectivity index (χ3v) is 4.68. The third-order valence-electron chi connectivity index (χ3n) is 4.68. The van der Waals surface area contributed by atoms with Crippen molar-refractivity contribution in [2.24, 2.45) is 5.92 Å². The largest absolute Gasteiger partial charge is 0.483 e. The monoisotopic (exact) mass is 341 g/mol. The zero-order chi connectivity index (χ0) is 18.0. The van der Waals surface area contributed by atoms with Crippen molar-refractivity contribution in [3.63, 3.8) is 0 Å². The topological polar surface area (TPSA) is 56.2 Å². The van der Waals surface area contributed by atoms with Crippen LogP contribution in [0.15, 0.2) is 36.5 Å². The summed E-state index contributed by atoms with van der Waals surface area (Å²) in [5.41, 5.74) is 1.06. The molecule has 0 saturated heterocycles. The number of aromatic nitrogens is 2. The van der Waals surface area contributed by atoms with Gasteiger partial charge in [-0.15, -0.1) is 0 Å². The van der Waals surface area contributed by atoms with Gasteiger partial charge >= 0.3 is 0 Å². The normalized spacial score (nSPS) is 15.7. The molecule has 0 bridgehead atoms. The highest BCUT2D eigenvalue weighted by Gasteiger charge is 2.30. The van der Waals surface area contributed by atoms with Gasteiger partial charge in [-0.3, -0.25) is 4.79 Å². The highest BCUT2D eigenvalue weighted by Crippen LogP contribution is 2.40. The number of rotatable bonds is 6. The van der Waals surface area contributed by atoms with Crippen LogP contribution in [0.1, 0.15) is 52.1 Å². The van der Waals surface area contributed by atoms with E-state index in [-0.39, 0.29) is 17.9 Å². The second-order valence-electron chi connectivity index (χ2n) is 7.82. The number of benzene rings is 1. The summed E-state index contributed by atoms with van der Waals surface area (Å²) >= 11 is 0. The van der Waals surface area contributed by atoms with Crippen LogP contribution in [0.3, 0.4) is 0 Å². The van der Waals surface area contributed by atoms with E-state index in [9.17, 15) is 4.79 Å². The first-order chi connectivity index (χ1) is 11.9. The van der Waals surface area contributed by atoms with Crippen LogP contribution in [0.5, 0.6) is 5.75 Å². The predicted octanol–water partition coefficient (Wildman–Crippen LogP) is 4.17. The molecule has 1 amide bonds. The Balaban J connectivity index is 1.62. The van der Waals surface area contributed by atoms with E-state index < -0.39 is 0 Å². The molecule has 3 rings (SSSR count). The van der Waals surface area contributed by atoms with Crippen molar-refractivity contribution in [2.45, 2.75) is 52.0 Å². The Kier molecular flexibility index (Phi) is 4.84. The standard InChI is InChI=1S/C20H27N3O2/c1-14(15-9-10-15)23-18(11-12-21-23)22-19(24)13-25-17-8-6-5-7-16(17)20(2,3)4/h5-8,11-12,14-15H,9-10,13H2,1-4H3,(H,22,24). The molecule has 1 aliphatic carbocycles. The molecule has 5 heteroatoms. The Hall–Kier alpha value is -2.30. The fraction of sp³-hybridized carbons (Fsp3) is 0.500. The minimum Gasteiger partial charge on any atom is -0.483 e. The molecule has 5 nitrogen and oxygen atoms in total. The summed E-state index contributed by atoms with van der Waals surface area (Å²) in [5.74, 6) is 1.99. The molecule has 1 aromatic carbocycles. The lowest BCUT2D eigenvalue weighted by atomic mass is 9.86. The molecule has 1 saturated carbocycles. The van der Waals surface area contributed by atoms with Crippen molar-refractivity contribution in [1.82, 2.24) is 9.78 Å². The second-order valence-corrected chi connectivity index (χ2v) is 7.82. The summed E-state index contributed by atoms with van der Waals surface area (Å²) in [6.45, 7) is 8.53. The summed E-state index contributed by atoms with van der Waals surface area (Å²) in [5, 5.41) is 7.28. The number of carbonyl (C=O) groups is 1. The Morgan fingerprint density at radius 3 is 2.72 bits per heavy atom. The molecule has 0 radical (unpaired) electrons. The van der Waals surface area contributed by atoms with E-state index in [0.717, 1.165) is 17.1 Å². The second kappa shape index (κ2) is 6.90. The number of amides is 1. The van der Waals surface area contributed by atoms with Gasteiger partial charge in [0.15, 0.2) is 6.61 Å². The van der Waals surface area contributed by atoms with Crippen molar-refractivity contribution >= 4 is 11.7 Å². The maximum Gasteiger partial charge on any atom is 0.263 e. The third kappa shape index (κ3) is 4.21. The fourth-order valence-electron chi connectivity index (χ4n) is 3.05. The predicted molar refractivity (Wildman–Crippen MR) is 98.9 cm³/mol. The van der Waals surface area contributed by atoms with E-state index in [4.69, 9.17) is 4.74 Å². The molecule has 1 heterocycles. The summed E-state index contributed by atoms with van der Waals surface area (Å²) in [6, 6.07) is 10.0. The average Bonchev–Trinajstić information content (AvgIpc) is 3.32. The number of hydrogen-bond acceptors (Lipinski definition) is 3. The minimum atomic E-state index is -0.173. The number of nitrogens with one attached hydrogen (secondary N) is 1. The molecular weight excluding hydrogens is 314 g/mol. The van der Waals surface area contributed by atoms with Crippen LogP contribution in [0.25, 0.3) is 0 Å². The fourth-order valence-corrected chi connectivity index (χ4v) is 3.05. The molecule has 1 unspecified atom stereocenters. The molecule has 25 heavy (non-hydrogen) atoms. The van der Waals surface area contributed by atoms with Crippen molar-refractivity contribution in [3.05, 3.63) is 42.1 Å². The number of carbonyl (C=O) groups excluding carboxylic acids is 1. The number of nitrogens with zero attached hydrogens (tertiary/aromatic N) is 2. The minimum absolute atomic E-state index is 0.0178. The number of para-hydroxylation sites is 1. The molecule has 134 valence electrons. The van der Waals surface area contributed by atoms with Crippen LogP contribution < -0.4 is 10.1 Å². The van der Waals surface area contributed by atoms with Gasteiger partial charge in [-0.05, 0) is 42.7 Å². The van der Waals surface area contributed by atoms with Gasteiger partial charge in [0.1, 0.15) is 11.6 Å². The zero-order valence-electron chi connectivity index (χ0n) is 15.5. The van der Waals surface area contributed by atoms with Gasteiger partial charge in [0.25, 0.3) is 5.91 Å². The lowest BCUT2D eigenvalue weighted by molar-refractivity contribution is -0.118. The van der Waals surface area contributed by atoms with Gasteiger partial charge in [0, 0.05) is 6.07 Å². The quantitative estimate of drug-likeness (QED) is 0.858. The number of hydrogen-bond donors (Lipinski definition) is 1. The maximum absolute atomic E-state index is 12.3. The van der Waals surface area contributed by atoms with Gasteiger partial charge < -0.3 is 10.1 Å². The van der Waals surface area contributed by atoms with Gasteiger partial charge in [-0.1, -0.05) is 39.0 Å². The molecular formula is C20H27N3O2. The number of ether oxygens (including phenoxy) is 1. The zero-order valence-corrected chi connectivity index (χ0v) is 15.5. The number of anilines is 1. The van der Waals surface area contributed by atoms with Crippen LogP contribution in [-0.2, 0) is 10.2 Å². The Labute approximate surface area is 149 Å². The lowest BCUT2D eigenvalue weighted by Gasteiger charge is -2.22. The summed E-state index contributed by atoms with van der Waals surface area (Å²) in [7, 11) is 0. The maximum atomic E-state index is 12.3. The van der Waals surface area contributed by atoms with E-state index in [1.807, 2.05) is 35.0 Å². The van der Waals surface area contributed by atoms with Crippen molar-refractivity contribution in [3.8, 4) is 5.75 Å². The lowest BCUT2D eigenvalue weighted by Crippen LogP contribution is -2.24. The SMILES string of the molecule is CC(C1CC1)n1nccc1NC(=O)COc1ccccc1C(C)(C)C. The van der Waals surface area contributed by atoms with Crippen molar-refractivity contribution < 1.29 is 9.53 Å². The first kappa shape index (κ1) is 17.5. The van der Waals surface area contributed by atoms with Crippen LogP contribution in [0.2, 0.25) is 0 Å². The Morgan fingerprint density at radius 1 is 1.32 bits per heavy atom. The highest BCUT2D eigenvalue weighted by molar-refractivity contribution is 5.91. The summed E-state index contributed by atoms with van der Waals surface area (Å²) in [6.07, 6.45) is 4.20. The van der Waals surface area contributed by atoms with Crippen molar-refractivity contribution in [1.29, 1.82) is 0 Å². The van der Waals surface area contributed by atoms with E-state index in [1.54, 1.807) is 6.20 Å². The van der Waals surface area contributed by atoms with Gasteiger partial charge in [-0.2, -0.15) is 5.10 Å². The molecule has 1 N–H and O–H groups in total. The smallest absolute Gasteiger partial charge is 0.263 e. The average molecular weight is 341 g/mol. The first-order valence-electron chi connectivity index (χ1n) is 8.92. The van der Waals surface area contributed by atoms with Crippen LogP contribution >= 0.6 is 0 Å². The Bertz CT molecular complexity index is 741. The molecule has 1 fully saturated rings. The van der Waals surface area contributed by atoms with Gasteiger partial charge in [0.05, 0.1) is 12.2 Å². The van der Waals surface area contributed by atoms with E-state index in [0.29, 0.717) is 12.0 Å². The van der Waals surface area contributed by atoms with E-state index >= 15 is 0 Å². The summed E-state index contributed by atoms with van der Waals surface area (Å²) < 4.78 is 7.69. The first-order valence-corrected chi connectivity index (χ1v) is 8.92. The van der Waals surface area contributed by atoms with Crippen LogP contribution in [-0.4, -0.2) is 22.3 Å². The van der Waals surface area contributed by atoms with Crippen LogP contribution in [0.4, 0.5) is 5.82 Å². The molecule has 0 spiro atoms. The van der Waals surface area contributed by atoms with Crippen LogP contribution in [0, 0.1) is 5.92 Å². The molecule has 1 atom stereocenters. The Morgan fingerprint density at radius 2 is 2.04 bits per heavy atom. The van der Waals surface area contributed by atoms with E-state index in [1.165, 1.54) is 12.8 Å². The highest BCUT2D eigenvalue weighted by atomic mass is 16.5.